The lowest BCUT2D eigenvalue weighted by atomic mass is 10.1. The van der Waals surface area contributed by atoms with Crippen LogP contribution in [0, 0.1) is 0 Å². The van der Waals surface area contributed by atoms with Crippen molar-refractivity contribution in [1.29, 1.82) is 0 Å². The summed E-state index contributed by atoms with van der Waals surface area (Å²) in [7, 11) is 0.733. The standard InChI is InChI=1S/C16H14NP/c1-3-7-13(8-4-1)15-11-12-18-16(17-15)14-9-5-2-6-10-14/h1-12,16,18H/t16-/m1/s1. The van der Waals surface area contributed by atoms with Gasteiger partial charge in [-0.05, 0) is 17.2 Å². The molecular weight excluding hydrogens is 237 g/mol. The van der Waals surface area contributed by atoms with Crippen LogP contribution in [0.3, 0.4) is 0 Å². The van der Waals surface area contributed by atoms with Gasteiger partial charge >= 0.3 is 0 Å². The van der Waals surface area contributed by atoms with Crippen LogP contribution in [0.4, 0.5) is 0 Å². The van der Waals surface area contributed by atoms with Crippen LogP contribution in [0.1, 0.15) is 16.9 Å². The molecule has 18 heavy (non-hydrogen) atoms. The Kier molecular flexibility index (Phi) is 3.34. The molecule has 2 aromatic carbocycles. The van der Waals surface area contributed by atoms with E-state index in [0.717, 1.165) is 14.3 Å². The molecule has 0 bridgehead atoms. The van der Waals surface area contributed by atoms with Crippen molar-refractivity contribution < 1.29 is 0 Å². The highest BCUT2D eigenvalue weighted by molar-refractivity contribution is 7.42. The van der Waals surface area contributed by atoms with Gasteiger partial charge in [0.2, 0.25) is 0 Å². The molecule has 2 heteroatoms. The van der Waals surface area contributed by atoms with Crippen molar-refractivity contribution in [1.82, 2.24) is 0 Å². The first-order chi connectivity index (χ1) is 8.93. The molecule has 1 nitrogen and oxygen atoms in total. The van der Waals surface area contributed by atoms with Gasteiger partial charge in [0.1, 0.15) is 0 Å². The topological polar surface area (TPSA) is 12.4 Å². The van der Waals surface area contributed by atoms with Crippen molar-refractivity contribution in [2.24, 2.45) is 4.99 Å². The fourth-order valence-corrected chi connectivity index (χ4v) is 3.06. The van der Waals surface area contributed by atoms with E-state index in [1.807, 2.05) is 12.1 Å². The Labute approximate surface area is 109 Å². The van der Waals surface area contributed by atoms with E-state index in [4.69, 9.17) is 4.99 Å². The molecule has 88 valence electrons. The molecule has 1 aliphatic rings. The van der Waals surface area contributed by atoms with E-state index < -0.39 is 0 Å². The minimum absolute atomic E-state index is 0.284. The van der Waals surface area contributed by atoms with E-state index in [1.54, 1.807) is 0 Å². The number of rotatable bonds is 2. The van der Waals surface area contributed by atoms with Gasteiger partial charge in [0.05, 0.1) is 11.5 Å². The molecule has 0 radical (unpaired) electrons. The first-order valence-electron chi connectivity index (χ1n) is 6.04. The van der Waals surface area contributed by atoms with Crippen LogP contribution in [0.2, 0.25) is 0 Å². The number of hydrogen-bond donors (Lipinski definition) is 0. The first kappa shape index (κ1) is 11.4. The quantitative estimate of drug-likeness (QED) is 0.702. The maximum Gasteiger partial charge on any atom is 0.0954 e. The molecule has 1 aliphatic heterocycles. The van der Waals surface area contributed by atoms with Crippen LogP contribution in [0.5, 0.6) is 0 Å². The second-order valence-corrected chi connectivity index (χ2v) is 5.41. The monoisotopic (exact) mass is 251 g/mol. The molecule has 0 saturated heterocycles. The molecule has 0 saturated carbocycles. The molecule has 2 atom stereocenters. The third-order valence-corrected chi connectivity index (χ3v) is 4.09. The molecule has 3 rings (SSSR count). The molecule has 0 N–H and O–H groups in total. The first-order valence-corrected chi connectivity index (χ1v) is 7.20. The Hall–Kier alpha value is -1.72. The van der Waals surface area contributed by atoms with E-state index in [-0.39, 0.29) is 5.78 Å². The van der Waals surface area contributed by atoms with E-state index in [0.29, 0.717) is 0 Å². The molecule has 0 spiro atoms. The van der Waals surface area contributed by atoms with Crippen molar-refractivity contribution in [3.05, 3.63) is 83.7 Å². The van der Waals surface area contributed by atoms with Gasteiger partial charge in [-0.2, -0.15) is 0 Å². The largest absolute Gasteiger partial charge is 0.272 e. The van der Waals surface area contributed by atoms with Gasteiger partial charge in [-0.25, -0.2) is 0 Å². The van der Waals surface area contributed by atoms with Gasteiger partial charge < -0.3 is 0 Å². The summed E-state index contributed by atoms with van der Waals surface area (Å²) in [5.41, 5.74) is 3.58. The van der Waals surface area contributed by atoms with Crippen LogP contribution in [0.25, 0.3) is 0 Å². The van der Waals surface area contributed by atoms with Crippen LogP contribution in [0.15, 0.2) is 77.5 Å². The van der Waals surface area contributed by atoms with Crippen molar-refractivity contribution in [2.75, 3.05) is 0 Å². The minimum Gasteiger partial charge on any atom is -0.272 e. The average Bonchev–Trinajstić information content (AvgIpc) is 2.49. The summed E-state index contributed by atoms with van der Waals surface area (Å²) in [5.74, 6) is 2.53. The fraction of sp³-hybridized carbons (Fsp3) is 0.0625. The normalized spacial score (nSPS) is 19.8. The lowest BCUT2D eigenvalue weighted by Crippen LogP contribution is -2.02. The summed E-state index contributed by atoms with van der Waals surface area (Å²) in [6, 6.07) is 20.9. The summed E-state index contributed by atoms with van der Waals surface area (Å²) in [6.45, 7) is 0. The predicted octanol–water partition coefficient (Wildman–Crippen LogP) is 4.38. The molecular formula is C16H14NP. The predicted molar refractivity (Wildman–Crippen MR) is 79.6 cm³/mol. The zero-order valence-electron chi connectivity index (χ0n) is 9.95. The molecule has 0 fully saturated rings. The summed E-state index contributed by atoms with van der Waals surface area (Å²) >= 11 is 0. The third-order valence-electron chi connectivity index (χ3n) is 2.95. The van der Waals surface area contributed by atoms with E-state index >= 15 is 0 Å². The van der Waals surface area contributed by atoms with Gasteiger partial charge in [0.25, 0.3) is 0 Å². The summed E-state index contributed by atoms with van der Waals surface area (Å²) in [4.78, 5) is 4.86. The van der Waals surface area contributed by atoms with Gasteiger partial charge in [0.15, 0.2) is 0 Å². The average molecular weight is 251 g/mol. The van der Waals surface area contributed by atoms with Gasteiger partial charge in [-0.15, -0.1) is 0 Å². The Bertz CT molecular complexity index is 573. The fourth-order valence-electron chi connectivity index (χ4n) is 2.02. The smallest absolute Gasteiger partial charge is 0.0954 e. The van der Waals surface area contributed by atoms with Crippen LogP contribution in [-0.2, 0) is 0 Å². The number of allylic oxidation sites excluding steroid dienone is 1. The molecule has 1 unspecified atom stereocenters. The van der Waals surface area contributed by atoms with E-state index in [9.17, 15) is 0 Å². The highest BCUT2D eigenvalue weighted by Gasteiger charge is 2.13. The molecule has 0 aliphatic carbocycles. The van der Waals surface area contributed by atoms with Gasteiger partial charge in [-0.3, -0.25) is 4.99 Å². The van der Waals surface area contributed by atoms with E-state index in [1.165, 1.54) is 11.1 Å². The Morgan fingerprint density at radius 3 is 2.22 bits per heavy atom. The van der Waals surface area contributed by atoms with Gasteiger partial charge in [0, 0.05) is 0 Å². The maximum atomic E-state index is 4.86. The summed E-state index contributed by atoms with van der Waals surface area (Å²) < 4.78 is 0. The molecule has 0 aromatic heterocycles. The van der Waals surface area contributed by atoms with Crippen LogP contribution in [-0.4, -0.2) is 5.71 Å². The van der Waals surface area contributed by atoms with E-state index in [2.05, 4.69) is 60.4 Å². The van der Waals surface area contributed by atoms with Gasteiger partial charge in [-0.1, -0.05) is 75.1 Å². The second-order valence-electron chi connectivity index (χ2n) is 4.19. The number of nitrogens with zero attached hydrogens (tertiary/aromatic N) is 1. The maximum absolute atomic E-state index is 4.86. The molecule has 2 aromatic rings. The SMILES string of the molecule is C1=CC(c2ccccc2)=N[C@@H](c2ccccc2)P1. The lowest BCUT2D eigenvalue weighted by molar-refractivity contribution is 1.03. The number of hydrogen-bond acceptors (Lipinski definition) is 1. The van der Waals surface area contributed by atoms with Crippen LogP contribution < -0.4 is 0 Å². The Morgan fingerprint density at radius 1 is 0.833 bits per heavy atom. The lowest BCUT2D eigenvalue weighted by Gasteiger charge is -2.16. The van der Waals surface area contributed by atoms with Crippen LogP contribution >= 0.6 is 8.58 Å². The number of benzene rings is 2. The summed E-state index contributed by atoms with van der Waals surface area (Å²) in [5, 5.41) is 0. The molecule has 1 heterocycles. The number of aliphatic imine (C=N–C) groups is 1. The van der Waals surface area contributed by atoms with Crippen molar-refractivity contribution in [3.63, 3.8) is 0 Å². The van der Waals surface area contributed by atoms with Crippen molar-refractivity contribution >= 4 is 14.3 Å². The molecule has 0 amide bonds. The Balaban J connectivity index is 1.93. The second kappa shape index (κ2) is 5.29. The highest BCUT2D eigenvalue weighted by Crippen LogP contribution is 2.39. The Morgan fingerprint density at radius 2 is 1.50 bits per heavy atom. The third kappa shape index (κ3) is 2.42. The minimum atomic E-state index is 0.284. The summed E-state index contributed by atoms with van der Waals surface area (Å²) in [6.07, 6.45) is 2.13. The zero-order chi connectivity index (χ0) is 12.2. The van der Waals surface area contributed by atoms with Crippen molar-refractivity contribution in [3.8, 4) is 0 Å². The highest BCUT2D eigenvalue weighted by atomic mass is 31.1. The van der Waals surface area contributed by atoms with Crippen molar-refractivity contribution in [2.45, 2.75) is 5.78 Å². The zero-order valence-corrected chi connectivity index (χ0v) is 11.0.